The summed E-state index contributed by atoms with van der Waals surface area (Å²) in [6.07, 6.45) is 0.355. The molecule has 0 bridgehead atoms. The van der Waals surface area contributed by atoms with Crippen molar-refractivity contribution in [2.75, 3.05) is 6.54 Å². The molecule has 0 fully saturated rings. The van der Waals surface area contributed by atoms with E-state index in [2.05, 4.69) is 16.0 Å². The molecule has 0 aliphatic rings. The van der Waals surface area contributed by atoms with Crippen LogP contribution in [0.2, 0.25) is 0 Å². The first-order valence-corrected chi connectivity index (χ1v) is 10.4. The van der Waals surface area contributed by atoms with Crippen LogP contribution in [0.4, 0.5) is 0 Å². The quantitative estimate of drug-likeness (QED) is 0.269. The summed E-state index contributed by atoms with van der Waals surface area (Å²) in [5, 5.41) is 16.5. The molecule has 176 valence electrons. The average Bonchev–Trinajstić information content (AvgIpc) is 2.80. The maximum atomic E-state index is 12.7. The second-order valence-corrected chi connectivity index (χ2v) is 7.57. The molecule has 2 rings (SSSR count). The lowest BCUT2D eigenvalue weighted by atomic mass is 10.0. The van der Waals surface area contributed by atoms with Crippen molar-refractivity contribution in [3.05, 3.63) is 65.7 Å². The van der Waals surface area contributed by atoms with Gasteiger partial charge in [-0.2, -0.15) is 0 Å². The summed E-state index contributed by atoms with van der Waals surface area (Å²) in [5.41, 5.74) is 12.7. The Morgan fingerprint density at radius 2 is 1.45 bits per heavy atom. The van der Waals surface area contributed by atoms with E-state index in [-0.39, 0.29) is 25.1 Å². The molecule has 0 aliphatic heterocycles. The molecular weight excluding hydrogens is 426 g/mol. The molecule has 8 N–H and O–H groups in total. The minimum atomic E-state index is -1.06. The summed E-state index contributed by atoms with van der Waals surface area (Å²) >= 11 is 0. The summed E-state index contributed by atoms with van der Waals surface area (Å²) in [6.45, 7) is 1.12. The molecule has 0 radical (unpaired) electrons. The number of nitrogens with one attached hydrogen (secondary N) is 3. The van der Waals surface area contributed by atoms with Crippen molar-refractivity contribution in [1.29, 1.82) is 0 Å². The average molecular weight is 456 g/mol. The van der Waals surface area contributed by atoms with Gasteiger partial charge in [0.2, 0.25) is 23.6 Å². The third-order valence-corrected chi connectivity index (χ3v) is 4.85. The maximum Gasteiger partial charge on any atom is 0.248 e. The van der Waals surface area contributed by atoms with Crippen LogP contribution >= 0.6 is 0 Å². The first-order chi connectivity index (χ1) is 15.7. The van der Waals surface area contributed by atoms with E-state index in [1.807, 2.05) is 6.07 Å². The van der Waals surface area contributed by atoms with Gasteiger partial charge in [0, 0.05) is 6.42 Å². The summed E-state index contributed by atoms with van der Waals surface area (Å²) in [7, 11) is 0. The molecule has 3 atom stereocenters. The Labute approximate surface area is 191 Å². The van der Waals surface area contributed by atoms with Crippen molar-refractivity contribution < 1.29 is 24.3 Å². The van der Waals surface area contributed by atoms with Crippen LogP contribution < -0.4 is 27.4 Å². The third-order valence-electron chi connectivity index (χ3n) is 4.85. The first-order valence-electron chi connectivity index (χ1n) is 10.4. The zero-order valence-corrected chi connectivity index (χ0v) is 18.3. The Morgan fingerprint density at radius 1 is 0.848 bits per heavy atom. The molecule has 2 aromatic carbocycles. The molecule has 4 amide bonds. The van der Waals surface area contributed by atoms with E-state index >= 15 is 0 Å². The highest BCUT2D eigenvalue weighted by molar-refractivity contribution is 6.01. The Hall–Kier alpha value is -3.76. The van der Waals surface area contributed by atoms with Gasteiger partial charge in [0.1, 0.15) is 17.8 Å². The van der Waals surface area contributed by atoms with Crippen molar-refractivity contribution in [2.24, 2.45) is 11.5 Å². The first kappa shape index (κ1) is 25.5. The number of hydrogen-bond donors (Lipinski definition) is 6. The fourth-order valence-corrected chi connectivity index (χ4v) is 2.99. The highest BCUT2D eigenvalue weighted by Crippen LogP contribution is 2.11. The zero-order chi connectivity index (χ0) is 24.4. The van der Waals surface area contributed by atoms with Crippen molar-refractivity contribution in [1.82, 2.24) is 16.0 Å². The van der Waals surface area contributed by atoms with Crippen LogP contribution in [0, 0.1) is 0 Å². The van der Waals surface area contributed by atoms with Gasteiger partial charge in [-0.15, -0.1) is 0 Å². The van der Waals surface area contributed by atoms with E-state index in [4.69, 9.17) is 11.5 Å². The number of aromatic hydroxyl groups is 1. The van der Waals surface area contributed by atoms with Crippen LogP contribution in [-0.4, -0.2) is 53.4 Å². The minimum absolute atomic E-state index is 0.0877. The summed E-state index contributed by atoms with van der Waals surface area (Å²) in [5.74, 6) is -2.46. The Kier molecular flexibility index (Phi) is 9.52. The molecule has 2 aromatic rings. The van der Waals surface area contributed by atoms with Gasteiger partial charge in [0.15, 0.2) is 0 Å². The Bertz CT molecular complexity index is 965. The molecule has 10 nitrogen and oxygen atoms in total. The van der Waals surface area contributed by atoms with Crippen molar-refractivity contribution in [2.45, 2.75) is 37.9 Å². The smallest absolute Gasteiger partial charge is 0.248 e. The fraction of sp³-hybridized carbons (Fsp3) is 0.304. The van der Waals surface area contributed by atoms with E-state index in [0.717, 1.165) is 5.56 Å². The van der Waals surface area contributed by atoms with Crippen LogP contribution in [0.3, 0.4) is 0 Å². The second kappa shape index (κ2) is 12.3. The predicted molar refractivity (Wildman–Crippen MR) is 122 cm³/mol. The van der Waals surface area contributed by atoms with Gasteiger partial charge in [-0.3, -0.25) is 24.5 Å². The van der Waals surface area contributed by atoms with E-state index in [0.29, 0.717) is 5.56 Å². The maximum absolute atomic E-state index is 12.7. The van der Waals surface area contributed by atoms with Gasteiger partial charge in [0.25, 0.3) is 0 Å². The van der Waals surface area contributed by atoms with E-state index in [1.165, 1.54) is 19.1 Å². The highest BCUT2D eigenvalue weighted by atomic mass is 16.3. The minimum Gasteiger partial charge on any atom is -0.508 e. The van der Waals surface area contributed by atoms with Crippen LogP contribution in [0.25, 0.3) is 0 Å². The number of carbonyl (C=O) groups excluding carboxylic acids is 4. The molecule has 0 saturated carbocycles. The number of phenolic OH excluding ortho intramolecular Hbond substituents is 1. The van der Waals surface area contributed by atoms with Crippen LogP contribution in [0.15, 0.2) is 54.6 Å². The largest absolute Gasteiger partial charge is 0.508 e. The predicted octanol–water partition coefficient (Wildman–Crippen LogP) is -0.904. The van der Waals surface area contributed by atoms with Crippen LogP contribution in [0.1, 0.15) is 18.1 Å². The number of amides is 4. The summed E-state index contributed by atoms with van der Waals surface area (Å²) < 4.78 is 0. The van der Waals surface area contributed by atoms with Crippen molar-refractivity contribution in [3.8, 4) is 5.75 Å². The van der Waals surface area contributed by atoms with Gasteiger partial charge >= 0.3 is 0 Å². The molecule has 0 unspecified atom stereocenters. The molecule has 10 heteroatoms. The number of phenols is 1. The molecule has 0 spiro atoms. The van der Waals surface area contributed by atoms with Crippen LogP contribution in [-0.2, 0) is 32.0 Å². The molecule has 0 aliphatic carbocycles. The lowest BCUT2D eigenvalue weighted by molar-refractivity contribution is -0.135. The normalized spacial score (nSPS) is 13.3. The summed E-state index contributed by atoms with van der Waals surface area (Å²) in [4.78, 5) is 49.2. The van der Waals surface area contributed by atoms with Gasteiger partial charge in [0.05, 0.1) is 12.6 Å². The SMILES string of the molecule is C[C@@H](NC(=O)[C@H](Cc1ccccc1)NC(=O)CN)C(=O)NC(=O)[C@@H](N)Cc1ccc(O)cc1. The standard InChI is InChI=1S/C23H29N5O5/c1-14(21(31)28-22(32)18(25)11-16-7-9-17(29)10-8-16)26-23(33)19(27-20(30)13-24)12-15-5-3-2-4-6-15/h2-10,14,18-19,29H,11-13,24-25H2,1H3,(H,26,33)(H,27,30)(H,28,31,32)/t14-,18+,19+/m1/s1. The van der Waals surface area contributed by atoms with E-state index < -0.39 is 41.8 Å². The van der Waals surface area contributed by atoms with Gasteiger partial charge in [-0.1, -0.05) is 42.5 Å². The highest BCUT2D eigenvalue weighted by Gasteiger charge is 2.26. The zero-order valence-electron chi connectivity index (χ0n) is 18.3. The second-order valence-electron chi connectivity index (χ2n) is 7.57. The third kappa shape index (κ3) is 8.36. The van der Waals surface area contributed by atoms with Gasteiger partial charge in [-0.05, 0) is 36.6 Å². The van der Waals surface area contributed by atoms with Crippen molar-refractivity contribution in [3.63, 3.8) is 0 Å². The van der Waals surface area contributed by atoms with E-state index in [1.54, 1.807) is 36.4 Å². The Balaban J connectivity index is 1.94. The number of imide groups is 1. The lowest BCUT2D eigenvalue weighted by Gasteiger charge is -2.21. The number of rotatable bonds is 10. The molecule has 33 heavy (non-hydrogen) atoms. The number of benzene rings is 2. The van der Waals surface area contributed by atoms with Gasteiger partial charge < -0.3 is 27.2 Å². The molecule has 0 aromatic heterocycles. The number of carbonyl (C=O) groups is 4. The monoisotopic (exact) mass is 455 g/mol. The number of nitrogens with two attached hydrogens (primary N) is 2. The molecular formula is C23H29N5O5. The summed E-state index contributed by atoms with van der Waals surface area (Å²) in [6, 6.07) is 12.2. The van der Waals surface area contributed by atoms with Gasteiger partial charge in [-0.25, -0.2) is 0 Å². The number of hydrogen-bond acceptors (Lipinski definition) is 7. The topological polar surface area (TPSA) is 177 Å². The fourth-order valence-electron chi connectivity index (χ4n) is 2.99. The molecule has 0 saturated heterocycles. The van der Waals surface area contributed by atoms with Crippen LogP contribution in [0.5, 0.6) is 5.75 Å². The lowest BCUT2D eigenvalue weighted by Crippen LogP contribution is -2.56. The Morgan fingerprint density at radius 3 is 2.06 bits per heavy atom. The van der Waals surface area contributed by atoms with Crippen molar-refractivity contribution >= 4 is 23.6 Å². The molecule has 0 heterocycles. The van der Waals surface area contributed by atoms with E-state index in [9.17, 15) is 24.3 Å².